The van der Waals surface area contributed by atoms with Gasteiger partial charge in [0, 0.05) is 17.8 Å². The van der Waals surface area contributed by atoms with Crippen LogP contribution in [0.5, 0.6) is 0 Å². The van der Waals surface area contributed by atoms with Crippen LogP contribution in [0.1, 0.15) is 11.4 Å². The molecule has 1 aliphatic rings. The molecule has 2 amide bonds. The molecule has 1 aliphatic heterocycles. The lowest BCUT2D eigenvalue weighted by Gasteiger charge is -2.29. The number of rotatable bonds is 2. The summed E-state index contributed by atoms with van der Waals surface area (Å²) in [5.74, 6) is -3.07. The lowest BCUT2D eigenvalue weighted by Crippen LogP contribution is -2.44. The summed E-state index contributed by atoms with van der Waals surface area (Å²) in [5, 5.41) is 6.62. The molecule has 6 nitrogen and oxygen atoms in total. The van der Waals surface area contributed by atoms with E-state index in [-0.39, 0.29) is 24.5 Å². The molecule has 0 fully saturated rings. The van der Waals surface area contributed by atoms with Gasteiger partial charge in [-0.2, -0.15) is 5.10 Å². The van der Waals surface area contributed by atoms with E-state index in [0.717, 1.165) is 28.4 Å². The normalized spacial score (nSPS) is 13.7. The first-order valence-electron chi connectivity index (χ1n) is 6.95. The number of nitrogens with zero attached hydrogens (tertiary/aromatic N) is 3. The SMILES string of the molecule is Cc1cc(C)n(CC(=O)N2CC(=O)Nc3cc(F)c(F)cc32)n1. The number of halogens is 2. The number of hydrogen-bond donors (Lipinski definition) is 1. The molecule has 3 rings (SSSR count). The van der Waals surface area contributed by atoms with Gasteiger partial charge in [0.25, 0.3) is 0 Å². The zero-order valence-electron chi connectivity index (χ0n) is 12.6. The lowest BCUT2D eigenvalue weighted by atomic mass is 10.1. The van der Waals surface area contributed by atoms with Crippen LogP contribution in [0, 0.1) is 25.5 Å². The van der Waals surface area contributed by atoms with Gasteiger partial charge in [-0.15, -0.1) is 0 Å². The molecule has 2 aromatic rings. The summed E-state index contributed by atoms with van der Waals surface area (Å²) in [6, 6.07) is 3.59. The van der Waals surface area contributed by atoms with Crippen LogP contribution in [-0.2, 0) is 16.1 Å². The van der Waals surface area contributed by atoms with E-state index in [9.17, 15) is 18.4 Å². The number of aromatic nitrogens is 2. The summed E-state index contributed by atoms with van der Waals surface area (Å²) >= 11 is 0. The highest BCUT2D eigenvalue weighted by Gasteiger charge is 2.29. The Kier molecular flexibility index (Phi) is 3.59. The van der Waals surface area contributed by atoms with Crippen molar-refractivity contribution < 1.29 is 18.4 Å². The van der Waals surface area contributed by atoms with E-state index in [2.05, 4.69) is 10.4 Å². The van der Waals surface area contributed by atoms with Crippen LogP contribution >= 0.6 is 0 Å². The molecule has 23 heavy (non-hydrogen) atoms. The van der Waals surface area contributed by atoms with Crippen molar-refractivity contribution in [2.45, 2.75) is 20.4 Å². The predicted octanol–water partition coefficient (Wildman–Crippen LogP) is 1.76. The largest absolute Gasteiger partial charge is 0.323 e. The third-order valence-electron chi connectivity index (χ3n) is 3.59. The maximum absolute atomic E-state index is 13.5. The van der Waals surface area contributed by atoms with Crippen molar-refractivity contribution in [3.8, 4) is 0 Å². The fraction of sp³-hybridized carbons (Fsp3) is 0.267. The number of carbonyl (C=O) groups is 2. The molecule has 0 atom stereocenters. The van der Waals surface area contributed by atoms with Crippen molar-refractivity contribution in [2.24, 2.45) is 0 Å². The van der Waals surface area contributed by atoms with E-state index in [4.69, 9.17) is 0 Å². The molecular weight excluding hydrogens is 306 g/mol. The van der Waals surface area contributed by atoms with Gasteiger partial charge in [-0.1, -0.05) is 0 Å². The average molecular weight is 320 g/mol. The van der Waals surface area contributed by atoms with Crippen molar-refractivity contribution in [1.29, 1.82) is 0 Å². The Hall–Kier alpha value is -2.77. The Morgan fingerprint density at radius 2 is 1.96 bits per heavy atom. The van der Waals surface area contributed by atoms with Gasteiger partial charge in [-0.05, 0) is 19.9 Å². The van der Waals surface area contributed by atoms with Crippen LogP contribution in [0.4, 0.5) is 20.2 Å². The van der Waals surface area contributed by atoms with Crippen LogP contribution in [0.25, 0.3) is 0 Å². The van der Waals surface area contributed by atoms with E-state index in [1.807, 2.05) is 6.07 Å². The van der Waals surface area contributed by atoms with Gasteiger partial charge in [-0.3, -0.25) is 19.2 Å². The standard InChI is InChI=1S/C15H14F2N4O2/c1-8-3-9(2)21(19-8)7-15(23)20-6-14(22)18-12-4-10(16)11(17)5-13(12)20/h3-5H,6-7H2,1-2H3,(H,18,22). The van der Waals surface area contributed by atoms with Crippen LogP contribution < -0.4 is 10.2 Å². The summed E-state index contributed by atoms with van der Waals surface area (Å²) in [6.45, 7) is 3.26. The predicted molar refractivity (Wildman–Crippen MR) is 79.0 cm³/mol. The molecule has 0 bridgehead atoms. The highest BCUT2D eigenvalue weighted by molar-refractivity contribution is 6.09. The number of carbonyl (C=O) groups excluding carboxylic acids is 2. The first-order valence-corrected chi connectivity index (χ1v) is 6.95. The number of hydrogen-bond acceptors (Lipinski definition) is 3. The van der Waals surface area contributed by atoms with Crippen LogP contribution in [0.2, 0.25) is 0 Å². The molecule has 0 radical (unpaired) electrons. The third-order valence-corrected chi connectivity index (χ3v) is 3.59. The smallest absolute Gasteiger partial charge is 0.249 e. The van der Waals surface area contributed by atoms with Crippen molar-refractivity contribution in [2.75, 3.05) is 16.8 Å². The number of benzene rings is 1. The Bertz CT molecular complexity index is 816. The maximum Gasteiger partial charge on any atom is 0.249 e. The fourth-order valence-electron chi connectivity index (χ4n) is 2.55. The second-order valence-corrected chi connectivity index (χ2v) is 5.40. The second-order valence-electron chi connectivity index (χ2n) is 5.40. The van der Waals surface area contributed by atoms with Crippen LogP contribution in [-0.4, -0.2) is 28.1 Å². The minimum atomic E-state index is -1.09. The average Bonchev–Trinajstić information content (AvgIpc) is 2.77. The third kappa shape index (κ3) is 2.79. The molecule has 0 unspecified atom stereocenters. The highest BCUT2D eigenvalue weighted by Crippen LogP contribution is 2.31. The van der Waals surface area contributed by atoms with Crippen molar-refractivity contribution >= 4 is 23.2 Å². The summed E-state index contributed by atoms with van der Waals surface area (Å²) in [7, 11) is 0. The second kappa shape index (κ2) is 5.45. The van der Waals surface area contributed by atoms with Crippen LogP contribution in [0.3, 0.4) is 0 Å². The number of amides is 2. The summed E-state index contributed by atoms with van der Waals surface area (Å²) < 4.78 is 28.3. The van der Waals surface area contributed by atoms with E-state index >= 15 is 0 Å². The van der Waals surface area contributed by atoms with Crippen molar-refractivity contribution in [3.05, 3.63) is 41.2 Å². The number of fused-ring (bicyclic) bond motifs is 1. The zero-order valence-corrected chi connectivity index (χ0v) is 12.6. The molecule has 8 heteroatoms. The fourth-order valence-corrected chi connectivity index (χ4v) is 2.55. The van der Waals surface area contributed by atoms with Crippen LogP contribution in [0.15, 0.2) is 18.2 Å². The molecule has 2 heterocycles. The van der Waals surface area contributed by atoms with E-state index in [1.165, 1.54) is 4.68 Å². The first kappa shape index (κ1) is 15.1. The Balaban J connectivity index is 1.94. The lowest BCUT2D eigenvalue weighted by molar-refractivity contribution is -0.122. The van der Waals surface area contributed by atoms with E-state index in [0.29, 0.717) is 0 Å². The minimum Gasteiger partial charge on any atom is -0.323 e. The topological polar surface area (TPSA) is 67.2 Å². The van der Waals surface area contributed by atoms with Gasteiger partial charge in [0.15, 0.2) is 11.6 Å². The maximum atomic E-state index is 13.5. The van der Waals surface area contributed by atoms with Gasteiger partial charge in [-0.25, -0.2) is 8.78 Å². The minimum absolute atomic E-state index is 0.0712. The van der Waals surface area contributed by atoms with Crippen molar-refractivity contribution in [1.82, 2.24) is 9.78 Å². The molecule has 0 spiro atoms. The number of anilines is 2. The molecule has 0 aliphatic carbocycles. The van der Waals surface area contributed by atoms with Gasteiger partial charge >= 0.3 is 0 Å². The zero-order chi connectivity index (χ0) is 16.7. The molecule has 1 aromatic carbocycles. The highest BCUT2D eigenvalue weighted by atomic mass is 19.2. The summed E-state index contributed by atoms with van der Waals surface area (Å²) in [6.07, 6.45) is 0. The van der Waals surface area contributed by atoms with Gasteiger partial charge in [0.05, 0.1) is 17.1 Å². The monoisotopic (exact) mass is 320 g/mol. The molecule has 0 saturated carbocycles. The Morgan fingerprint density at radius 1 is 1.26 bits per heavy atom. The molecule has 1 N–H and O–H groups in total. The molecule has 120 valence electrons. The van der Waals surface area contributed by atoms with Gasteiger partial charge in [0.1, 0.15) is 13.1 Å². The van der Waals surface area contributed by atoms with E-state index in [1.54, 1.807) is 13.8 Å². The number of nitrogens with one attached hydrogen (secondary N) is 1. The van der Waals surface area contributed by atoms with Crippen molar-refractivity contribution in [3.63, 3.8) is 0 Å². The van der Waals surface area contributed by atoms with Gasteiger partial charge in [0.2, 0.25) is 11.8 Å². The Morgan fingerprint density at radius 3 is 2.61 bits per heavy atom. The summed E-state index contributed by atoms with van der Waals surface area (Å²) in [4.78, 5) is 25.4. The quantitative estimate of drug-likeness (QED) is 0.917. The van der Waals surface area contributed by atoms with Gasteiger partial charge < -0.3 is 5.32 Å². The molecule has 0 saturated heterocycles. The Labute approximate surface area is 130 Å². The van der Waals surface area contributed by atoms with E-state index < -0.39 is 23.4 Å². The molecular formula is C15H14F2N4O2. The number of aryl methyl sites for hydroxylation is 2. The summed E-state index contributed by atoms with van der Waals surface area (Å²) in [5.41, 5.74) is 1.76. The molecule has 1 aromatic heterocycles. The first-order chi connectivity index (χ1) is 10.8.